The second-order valence-electron chi connectivity index (χ2n) is 5.99. The van der Waals surface area contributed by atoms with Gasteiger partial charge in [0.1, 0.15) is 6.04 Å². The van der Waals surface area contributed by atoms with Crippen LogP contribution in [0, 0.1) is 6.92 Å². The molecule has 126 valence electrons. The Bertz CT molecular complexity index is 654. The first-order valence-corrected chi connectivity index (χ1v) is 9.45. The van der Waals surface area contributed by atoms with Crippen LogP contribution in [0.25, 0.3) is 0 Å². The molecule has 0 spiro atoms. The van der Waals surface area contributed by atoms with E-state index in [4.69, 9.17) is 0 Å². The summed E-state index contributed by atoms with van der Waals surface area (Å²) in [6.07, 6.45) is 1.82. The molecule has 4 nitrogen and oxygen atoms in total. The molecular weight excluding hydrogens is 318 g/mol. The van der Waals surface area contributed by atoms with Gasteiger partial charge in [-0.15, -0.1) is 0 Å². The Hall–Kier alpha value is -1.85. The van der Waals surface area contributed by atoms with Gasteiger partial charge in [0.05, 0.1) is 0 Å². The van der Waals surface area contributed by atoms with E-state index < -0.39 is 0 Å². The smallest absolute Gasteiger partial charge is 0.242 e. The zero-order valence-corrected chi connectivity index (χ0v) is 14.8. The molecule has 1 unspecified atom stereocenters. The van der Waals surface area contributed by atoms with Crippen molar-refractivity contribution >= 4 is 17.7 Å². The van der Waals surface area contributed by atoms with Crippen LogP contribution in [0.2, 0.25) is 0 Å². The van der Waals surface area contributed by atoms with Gasteiger partial charge in [-0.3, -0.25) is 14.7 Å². The number of carbonyl (C=O) groups is 1. The van der Waals surface area contributed by atoms with E-state index in [1.54, 1.807) is 0 Å². The maximum Gasteiger partial charge on any atom is 0.242 e. The first-order valence-electron chi connectivity index (χ1n) is 8.30. The zero-order chi connectivity index (χ0) is 16.8. The van der Waals surface area contributed by atoms with Gasteiger partial charge in [0.25, 0.3) is 0 Å². The molecule has 0 saturated carbocycles. The molecule has 24 heavy (non-hydrogen) atoms. The molecule has 2 aromatic rings. The molecule has 1 aromatic carbocycles. The highest BCUT2D eigenvalue weighted by Crippen LogP contribution is 2.24. The lowest BCUT2D eigenvalue weighted by Crippen LogP contribution is -2.44. The average Bonchev–Trinajstić information content (AvgIpc) is 2.63. The van der Waals surface area contributed by atoms with Gasteiger partial charge in [0.2, 0.25) is 5.91 Å². The summed E-state index contributed by atoms with van der Waals surface area (Å²) in [4.78, 5) is 19.5. The van der Waals surface area contributed by atoms with Gasteiger partial charge < -0.3 is 5.32 Å². The SMILES string of the molecule is Cc1ccc(CNC(=O)C(c2ccccc2)N2CCSCC2)cn1. The third-order valence-corrected chi connectivity index (χ3v) is 5.16. The van der Waals surface area contributed by atoms with Gasteiger partial charge in [-0.2, -0.15) is 11.8 Å². The largest absolute Gasteiger partial charge is 0.350 e. The first-order chi connectivity index (χ1) is 11.7. The van der Waals surface area contributed by atoms with E-state index in [1.807, 2.05) is 67.3 Å². The van der Waals surface area contributed by atoms with Crippen molar-refractivity contribution in [3.63, 3.8) is 0 Å². The van der Waals surface area contributed by atoms with Crippen LogP contribution < -0.4 is 5.32 Å². The van der Waals surface area contributed by atoms with E-state index in [-0.39, 0.29) is 11.9 Å². The number of benzene rings is 1. The molecule has 1 aliphatic rings. The van der Waals surface area contributed by atoms with Gasteiger partial charge in [-0.05, 0) is 24.1 Å². The fourth-order valence-corrected chi connectivity index (χ4v) is 3.82. The summed E-state index contributed by atoms with van der Waals surface area (Å²) in [5.41, 5.74) is 3.07. The summed E-state index contributed by atoms with van der Waals surface area (Å²) in [5, 5.41) is 3.09. The predicted octanol–water partition coefficient (Wildman–Crippen LogP) is 2.80. The third-order valence-electron chi connectivity index (χ3n) is 4.21. The summed E-state index contributed by atoms with van der Waals surface area (Å²) in [6, 6.07) is 13.8. The molecule has 0 bridgehead atoms. The number of hydrogen-bond donors (Lipinski definition) is 1. The summed E-state index contributed by atoms with van der Waals surface area (Å²) in [7, 11) is 0. The molecule has 3 rings (SSSR count). The van der Waals surface area contributed by atoms with E-state index in [2.05, 4.69) is 15.2 Å². The lowest BCUT2D eigenvalue weighted by atomic mass is 10.0. The average molecular weight is 341 g/mol. The van der Waals surface area contributed by atoms with Crippen molar-refractivity contribution in [1.82, 2.24) is 15.2 Å². The fourth-order valence-electron chi connectivity index (χ4n) is 2.89. The van der Waals surface area contributed by atoms with Crippen molar-refractivity contribution < 1.29 is 4.79 Å². The van der Waals surface area contributed by atoms with Crippen LogP contribution in [0.5, 0.6) is 0 Å². The Morgan fingerprint density at radius 3 is 2.62 bits per heavy atom. The second kappa shape index (κ2) is 8.31. The molecule has 5 heteroatoms. The molecular formula is C19H23N3OS. The molecule has 1 aliphatic heterocycles. The Kier molecular flexibility index (Phi) is 5.88. The first kappa shape index (κ1) is 17.0. The minimum absolute atomic E-state index is 0.0636. The van der Waals surface area contributed by atoms with Crippen molar-refractivity contribution in [2.45, 2.75) is 19.5 Å². The van der Waals surface area contributed by atoms with E-state index in [0.717, 1.165) is 41.4 Å². The minimum atomic E-state index is -0.217. The van der Waals surface area contributed by atoms with Gasteiger partial charge in [0.15, 0.2) is 0 Å². The number of aromatic nitrogens is 1. The number of amides is 1. The summed E-state index contributed by atoms with van der Waals surface area (Å²) in [5.74, 6) is 2.23. The van der Waals surface area contributed by atoms with Crippen LogP contribution in [-0.2, 0) is 11.3 Å². The topological polar surface area (TPSA) is 45.2 Å². The number of hydrogen-bond acceptors (Lipinski definition) is 4. The van der Waals surface area contributed by atoms with Gasteiger partial charge in [-0.1, -0.05) is 36.4 Å². The van der Waals surface area contributed by atoms with Crippen molar-refractivity contribution in [3.05, 3.63) is 65.5 Å². The van der Waals surface area contributed by atoms with E-state index >= 15 is 0 Å². The third kappa shape index (κ3) is 4.36. The highest BCUT2D eigenvalue weighted by Gasteiger charge is 2.28. The molecule has 1 amide bonds. The number of rotatable bonds is 5. The molecule has 1 fully saturated rings. The Balaban J connectivity index is 1.72. The number of carbonyl (C=O) groups excluding carboxylic acids is 1. The molecule has 2 heterocycles. The number of pyridine rings is 1. The van der Waals surface area contributed by atoms with Crippen LogP contribution in [-0.4, -0.2) is 40.4 Å². The molecule has 1 saturated heterocycles. The normalized spacial score (nSPS) is 16.5. The number of aryl methyl sites for hydroxylation is 1. The van der Waals surface area contributed by atoms with Crippen LogP contribution in [0.1, 0.15) is 22.9 Å². The number of thioether (sulfide) groups is 1. The van der Waals surface area contributed by atoms with E-state index in [0.29, 0.717) is 6.54 Å². The molecule has 1 N–H and O–H groups in total. The molecule has 1 aromatic heterocycles. The van der Waals surface area contributed by atoms with Crippen molar-refractivity contribution in [1.29, 1.82) is 0 Å². The van der Waals surface area contributed by atoms with Crippen LogP contribution in [0.4, 0.5) is 0 Å². The number of nitrogens with zero attached hydrogens (tertiary/aromatic N) is 2. The summed E-state index contributed by atoms with van der Waals surface area (Å²) >= 11 is 1.95. The van der Waals surface area contributed by atoms with E-state index in [1.165, 1.54) is 0 Å². The lowest BCUT2D eigenvalue weighted by Gasteiger charge is -2.33. The minimum Gasteiger partial charge on any atom is -0.350 e. The fraction of sp³-hybridized carbons (Fsp3) is 0.368. The Morgan fingerprint density at radius 2 is 1.96 bits per heavy atom. The standard InChI is InChI=1S/C19H23N3OS/c1-15-7-8-16(13-20-15)14-21-19(23)18(17-5-3-2-4-6-17)22-9-11-24-12-10-22/h2-8,13,18H,9-12,14H2,1H3,(H,21,23). The predicted molar refractivity (Wildman–Crippen MR) is 98.9 cm³/mol. The van der Waals surface area contributed by atoms with Gasteiger partial charge in [-0.25, -0.2) is 0 Å². The van der Waals surface area contributed by atoms with Gasteiger partial charge >= 0.3 is 0 Å². The van der Waals surface area contributed by atoms with E-state index in [9.17, 15) is 4.79 Å². The lowest BCUT2D eigenvalue weighted by molar-refractivity contribution is -0.126. The second-order valence-corrected chi connectivity index (χ2v) is 7.21. The van der Waals surface area contributed by atoms with Crippen LogP contribution in [0.15, 0.2) is 48.7 Å². The highest BCUT2D eigenvalue weighted by molar-refractivity contribution is 7.99. The summed E-state index contributed by atoms with van der Waals surface area (Å²) in [6.45, 7) is 4.37. The quantitative estimate of drug-likeness (QED) is 0.908. The molecule has 1 atom stereocenters. The zero-order valence-electron chi connectivity index (χ0n) is 13.9. The van der Waals surface area contributed by atoms with Crippen LogP contribution >= 0.6 is 11.8 Å². The monoisotopic (exact) mass is 341 g/mol. The number of nitrogens with one attached hydrogen (secondary N) is 1. The van der Waals surface area contributed by atoms with Crippen molar-refractivity contribution in [2.24, 2.45) is 0 Å². The van der Waals surface area contributed by atoms with Crippen LogP contribution in [0.3, 0.4) is 0 Å². The summed E-state index contributed by atoms with van der Waals surface area (Å²) < 4.78 is 0. The molecule has 0 aliphatic carbocycles. The molecule has 0 radical (unpaired) electrons. The highest BCUT2D eigenvalue weighted by atomic mass is 32.2. The van der Waals surface area contributed by atoms with Gasteiger partial charge in [0, 0.05) is 43.0 Å². The van der Waals surface area contributed by atoms with Crippen molar-refractivity contribution in [2.75, 3.05) is 24.6 Å². The Labute approximate surface area is 147 Å². The maximum absolute atomic E-state index is 12.9. The Morgan fingerprint density at radius 1 is 1.21 bits per heavy atom. The maximum atomic E-state index is 12.9. The van der Waals surface area contributed by atoms with Crippen molar-refractivity contribution in [3.8, 4) is 0 Å².